The number of aromatic nitrogens is 2. The van der Waals surface area contributed by atoms with E-state index in [0.29, 0.717) is 23.2 Å². The van der Waals surface area contributed by atoms with Gasteiger partial charge in [-0.2, -0.15) is 5.10 Å². The van der Waals surface area contributed by atoms with E-state index in [1.165, 1.54) is 6.08 Å². The first kappa shape index (κ1) is 22.3. The van der Waals surface area contributed by atoms with Gasteiger partial charge in [-0.05, 0) is 37.1 Å². The van der Waals surface area contributed by atoms with Gasteiger partial charge in [-0.1, -0.05) is 40.9 Å². The molecule has 0 fully saturated rings. The second kappa shape index (κ2) is 10.5. The zero-order chi connectivity index (χ0) is 20.7. The zero-order valence-electron chi connectivity index (χ0n) is 16.5. The number of hydrogen-bond donors (Lipinski definition) is 1. The van der Waals surface area contributed by atoms with E-state index in [4.69, 9.17) is 21.1 Å². The van der Waals surface area contributed by atoms with Gasteiger partial charge in [-0.25, -0.2) is 0 Å². The topological polar surface area (TPSA) is 65.4 Å². The third-order valence-electron chi connectivity index (χ3n) is 4.24. The van der Waals surface area contributed by atoms with Crippen molar-refractivity contribution >= 4 is 39.5 Å². The zero-order valence-corrected chi connectivity index (χ0v) is 18.9. The quantitative estimate of drug-likeness (QED) is 0.537. The van der Waals surface area contributed by atoms with Gasteiger partial charge in [0.1, 0.15) is 5.15 Å². The number of halogens is 2. The molecule has 1 aromatic heterocycles. The van der Waals surface area contributed by atoms with Gasteiger partial charge in [0, 0.05) is 29.2 Å². The molecule has 0 bridgehead atoms. The Morgan fingerprint density at radius 1 is 1.32 bits per heavy atom. The Morgan fingerprint density at radius 2 is 2.00 bits per heavy atom. The molecule has 2 aromatic rings. The maximum absolute atomic E-state index is 12.2. The molecule has 2 rings (SSSR count). The van der Waals surface area contributed by atoms with Crippen LogP contribution < -0.4 is 14.8 Å². The molecule has 0 unspecified atom stereocenters. The highest BCUT2D eigenvalue weighted by Gasteiger charge is 2.12. The van der Waals surface area contributed by atoms with Crippen LogP contribution in [0.5, 0.6) is 11.5 Å². The molecular formula is C20H25BrClN3O3. The molecule has 0 aliphatic rings. The molecule has 6 nitrogen and oxygen atoms in total. The molecule has 152 valence electrons. The van der Waals surface area contributed by atoms with Gasteiger partial charge in [0.2, 0.25) is 5.91 Å². The smallest absolute Gasteiger partial charge is 0.244 e. The van der Waals surface area contributed by atoms with Crippen molar-refractivity contribution in [2.45, 2.75) is 39.8 Å². The summed E-state index contributed by atoms with van der Waals surface area (Å²) in [5.41, 5.74) is 2.44. The Balaban J connectivity index is 2.04. The van der Waals surface area contributed by atoms with Crippen LogP contribution in [0.2, 0.25) is 5.15 Å². The van der Waals surface area contributed by atoms with Gasteiger partial charge >= 0.3 is 0 Å². The van der Waals surface area contributed by atoms with Crippen LogP contribution in [-0.4, -0.2) is 29.9 Å². The maximum atomic E-state index is 12.2. The van der Waals surface area contributed by atoms with E-state index in [1.807, 2.05) is 19.1 Å². The SMILES string of the molecule is CCCCn1nc(C)c(C=CC(=O)NCc2cc(OC)c(OC)cc2Br)c1Cl. The van der Waals surface area contributed by atoms with Crippen LogP contribution in [0.4, 0.5) is 0 Å². The summed E-state index contributed by atoms with van der Waals surface area (Å²) in [7, 11) is 3.15. The fourth-order valence-corrected chi connectivity index (χ4v) is 3.43. The number of unbranched alkanes of at least 4 members (excludes halogenated alkanes) is 1. The number of methoxy groups -OCH3 is 2. The fourth-order valence-electron chi connectivity index (χ4n) is 2.64. The average molecular weight is 471 g/mol. The predicted octanol–water partition coefficient (Wildman–Crippen LogP) is 4.75. The number of carbonyl (C=O) groups is 1. The minimum absolute atomic E-state index is 0.224. The van der Waals surface area contributed by atoms with Crippen molar-refractivity contribution in [1.82, 2.24) is 15.1 Å². The highest BCUT2D eigenvalue weighted by Crippen LogP contribution is 2.33. The number of nitrogens with one attached hydrogen (secondary N) is 1. The molecule has 0 saturated carbocycles. The molecule has 0 aliphatic heterocycles. The van der Waals surface area contributed by atoms with E-state index in [-0.39, 0.29) is 5.91 Å². The standard InChI is InChI=1S/C20H25BrClN3O3/c1-5-6-9-25-20(22)15(13(2)24-25)7-8-19(26)23-12-14-10-17(27-3)18(28-4)11-16(14)21/h7-8,10-11H,5-6,9,12H2,1-4H3,(H,23,26). The number of benzene rings is 1. The molecule has 8 heteroatoms. The van der Waals surface area contributed by atoms with Gasteiger partial charge in [0.25, 0.3) is 0 Å². The highest BCUT2D eigenvalue weighted by atomic mass is 79.9. The van der Waals surface area contributed by atoms with E-state index >= 15 is 0 Å². The fraction of sp³-hybridized carbons (Fsp3) is 0.400. The van der Waals surface area contributed by atoms with E-state index in [9.17, 15) is 4.79 Å². The van der Waals surface area contributed by atoms with Crippen molar-refractivity contribution in [2.75, 3.05) is 14.2 Å². The van der Waals surface area contributed by atoms with Crippen LogP contribution in [0.1, 0.15) is 36.6 Å². The first-order valence-corrected chi connectivity index (χ1v) is 10.2. The van der Waals surface area contributed by atoms with Crippen molar-refractivity contribution in [3.63, 3.8) is 0 Å². The lowest BCUT2D eigenvalue weighted by atomic mass is 10.2. The van der Waals surface area contributed by atoms with Crippen molar-refractivity contribution in [3.05, 3.63) is 44.7 Å². The molecule has 0 radical (unpaired) electrons. The first-order chi connectivity index (χ1) is 13.4. The van der Waals surface area contributed by atoms with Gasteiger partial charge in [-0.15, -0.1) is 0 Å². The summed E-state index contributed by atoms with van der Waals surface area (Å²) in [5, 5.41) is 7.85. The molecule has 1 aromatic carbocycles. The molecule has 1 N–H and O–H groups in total. The molecule has 0 aliphatic carbocycles. The summed E-state index contributed by atoms with van der Waals surface area (Å²) in [6, 6.07) is 3.63. The minimum atomic E-state index is -0.224. The Kier molecular flexibility index (Phi) is 8.38. The van der Waals surface area contributed by atoms with Crippen LogP contribution in [-0.2, 0) is 17.9 Å². The third-order valence-corrected chi connectivity index (χ3v) is 5.38. The summed E-state index contributed by atoms with van der Waals surface area (Å²) in [6.07, 6.45) is 5.24. The summed E-state index contributed by atoms with van der Waals surface area (Å²) < 4.78 is 13.2. The van der Waals surface area contributed by atoms with Gasteiger partial charge < -0.3 is 14.8 Å². The molecular weight excluding hydrogens is 446 g/mol. The molecule has 1 amide bonds. The number of amides is 1. The monoisotopic (exact) mass is 469 g/mol. The summed E-state index contributed by atoms with van der Waals surface area (Å²) in [6.45, 7) is 5.11. The number of ether oxygens (including phenoxy) is 2. The number of carbonyl (C=O) groups excluding carboxylic acids is 1. The van der Waals surface area contributed by atoms with Crippen LogP contribution in [0, 0.1) is 6.92 Å². The van der Waals surface area contributed by atoms with Gasteiger partial charge in [0.15, 0.2) is 11.5 Å². The van der Waals surface area contributed by atoms with E-state index in [1.54, 1.807) is 25.0 Å². The average Bonchev–Trinajstić information content (AvgIpc) is 2.96. The first-order valence-electron chi connectivity index (χ1n) is 9.00. The van der Waals surface area contributed by atoms with Crippen molar-refractivity contribution in [3.8, 4) is 11.5 Å². The molecule has 28 heavy (non-hydrogen) atoms. The lowest BCUT2D eigenvalue weighted by Crippen LogP contribution is -2.20. The van der Waals surface area contributed by atoms with Crippen LogP contribution in [0.3, 0.4) is 0 Å². The predicted molar refractivity (Wildman–Crippen MR) is 115 cm³/mol. The van der Waals surface area contributed by atoms with Gasteiger partial charge in [0.05, 0.1) is 19.9 Å². The Labute approximate surface area is 179 Å². The summed E-state index contributed by atoms with van der Waals surface area (Å²) in [5.74, 6) is 1.00. The Bertz CT molecular complexity index is 865. The van der Waals surface area contributed by atoms with E-state index in [2.05, 4.69) is 33.3 Å². The third kappa shape index (κ3) is 5.52. The van der Waals surface area contributed by atoms with E-state index in [0.717, 1.165) is 40.7 Å². The maximum Gasteiger partial charge on any atom is 0.244 e. The second-order valence-corrected chi connectivity index (χ2v) is 7.43. The normalized spacial score (nSPS) is 11.1. The largest absolute Gasteiger partial charge is 0.493 e. The number of nitrogens with zero attached hydrogens (tertiary/aromatic N) is 2. The second-order valence-electron chi connectivity index (χ2n) is 6.22. The van der Waals surface area contributed by atoms with Crippen LogP contribution in [0.25, 0.3) is 6.08 Å². The molecule has 0 saturated heterocycles. The Hall–Kier alpha value is -1.99. The highest BCUT2D eigenvalue weighted by molar-refractivity contribution is 9.10. The summed E-state index contributed by atoms with van der Waals surface area (Å²) in [4.78, 5) is 12.2. The minimum Gasteiger partial charge on any atom is -0.493 e. The Morgan fingerprint density at radius 3 is 2.64 bits per heavy atom. The summed E-state index contributed by atoms with van der Waals surface area (Å²) >= 11 is 9.88. The molecule has 1 heterocycles. The van der Waals surface area contributed by atoms with Gasteiger partial charge in [-0.3, -0.25) is 9.48 Å². The number of aryl methyl sites for hydroxylation is 2. The van der Waals surface area contributed by atoms with E-state index < -0.39 is 0 Å². The van der Waals surface area contributed by atoms with Crippen LogP contribution in [0.15, 0.2) is 22.7 Å². The number of hydrogen-bond acceptors (Lipinski definition) is 4. The lowest BCUT2D eigenvalue weighted by molar-refractivity contribution is -0.116. The van der Waals surface area contributed by atoms with Crippen molar-refractivity contribution < 1.29 is 14.3 Å². The van der Waals surface area contributed by atoms with Crippen molar-refractivity contribution in [1.29, 1.82) is 0 Å². The lowest BCUT2D eigenvalue weighted by Gasteiger charge is -2.12. The molecule has 0 spiro atoms. The number of rotatable bonds is 9. The van der Waals surface area contributed by atoms with Crippen LogP contribution >= 0.6 is 27.5 Å². The van der Waals surface area contributed by atoms with Crippen molar-refractivity contribution in [2.24, 2.45) is 0 Å². The molecule has 0 atom stereocenters.